The summed E-state index contributed by atoms with van der Waals surface area (Å²) in [7, 11) is 4.04. The summed E-state index contributed by atoms with van der Waals surface area (Å²) in [5.74, 6) is 2.09. The first kappa shape index (κ1) is 18.9. The second-order valence-corrected chi connectivity index (χ2v) is 9.78. The summed E-state index contributed by atoms with van der Waals surface area (Å²) >= 11 is 6.85. The Kier molecular flexibility index (Phi) is 6.01. The lowest BCUT2D eigenvalue weighted by Gasteiger charge is -2.28. The van der Waals surface area contributed by atoms with Gasteiger partial charge in [0.1, 0.15) is 17.2 Å². The third-order valence-electron chi connectivity index (χ3n) is 3.69. The van der Waals surface area contributed by atoms with Gasteiger partial charge < -0.3 is 14.2 Å². The number of hydrogen-bond donors (Lipinski definition) is 0. The fraction of sp³-hybridized carbons (Fsp3) is 0.368. The maximum atomic E-state index is 6.85. The molecule has 0 bridgehead atoms. The summed E-state index contributed by atoms with van der Waals surface area (Å²) in [4.78, 5) is 0. The van der Waals surface area contributed by atoms with Gasteiger partial charge in [0.25, 0.3) is 0 Å². The molecule has 0 fully saturated rings. The highest BCUT2D eigenvalue weighted by atomic mass is 35.7. The van der Waals surface area contributed by atoms with Crippen LogP contribution in [-0.4, -0.2) is 26.5 Å². The highest BCUT2D eigenvalue weighted by Gasteiger charge is 2.28. The van der Waals surface area contributed by atoms with Crippen molar-refractivity contribution in [2.24, 2.45) is 0 Å². The van der Waals surface area contributed by atoms with Gasteiger partial charge in [-0.05, 0) is 16.0 Å². The van der Waals surface area contributed by atoms with E-state index >= 15 is 0 Å². The summed E-state index contributed by atoms with van der Waals surface area (Å²) in [6, 6.07) is 11.9. The van der Waals surface area contributed by atoms with E-state index < -0.39 is 7.27 Å². The minimum Gasteiger partial charge on any atom is -0.496 e. The van der Waals surface area contributed by atoms with Gasteiger partial charge in [-0.2, -0.15) is 0 Å². The van der Waals surface area contributed by atoms with Crippen LogP contribution in [0.5, 0.6) is 17.2 Å². The van der Waals surface area contributed by atoms with Crippen LogP contribution in [0.3, 0.4) is 0 Å². The third kappa shape index (κ3) is 3.79. The zero-order chi connectivity index (χ0) is 17.9. The maximum absolute atomic E-state index is 6.85. The van der Waals surface area contributed by atoms with Crippen LogP contribution >= 0.6 is 18.5 Å². The van der Waals surface area contributed by atoms with Crippen molar-refractivity contribution < 1.29 is 14.2 Å². The van der Waals surface area contributed by atoms with Gasteiger partial charge in [-0.3, -0.25) is 0 Å². The predicted molar refractivity (Wildman–Crippen MR) is 104 cm³/mol. The van der Waals surface area contributed by atoms with Crippen molar-refractivity contribution >= 4 is 23.8 Å². The second-order valence-electron chi connectivity index (χ2n) is 6.38. The van der Waals surface area contributed by atoms with Crippen LogP contribution in [0, 0.1) is 0 Å². The summed E-state index contributed by atoms with van der Waals surface area (Å²) in [6.07, 6.45) is 0. The molecule has 0 aromatic heterocycles. The molecule has 1 unspecified atom stereocenters. The van der Waals surface area contributed by atoms with E-state index in [-0.39, 0.29) is 5.16 Å². The zero-order valence-electron chi connectivity index (χ0n) is 15.0. The van der Waals surface area contributed by atoms with Crippen molar-refractivity contribution in [2.45, 2.75) is 25.9 Å². The molecule has 5 heteroatoms. The lowest BCUT2D eigenvalue weighted by molar-refractivity contribution is 0.377. The van der Waals surface area contributed by atoms with Crippen LogP contribution in [0.1, 0.15) is 20.8 Å². The molecule has 1 atom stereocenters. The Morgan fingerprint density at radius 3 is 1.88 bits per heavy atom. The monoisotopic (exact) mass is 366 g/mol. The Morgan fingerprint density at radius 1 is 0.875 bits per heavy atom. The van der Waals surface area contributed by atoms with E-state index in [4.69, 9.17) is 25.5 Å². The molecule has 0 spiro atoms. The molecule has 0 N–H and O–H groups in total. The first-order chi connectivity index (χ1) is 11.3. The van der Waals surface area contributed by atoms with Crippen LogP contribution in [0.4, 0.5) is 0 Å². The van der Waals surface area contributed by atoms with E-state index in [1.54, 1.807) is 21.3 Å². The molecule has 3 nitrogen and oxygen atoms in total. The summed E-state index contributed by atoms with van der Waals surface area (Å²) in [5, 5.41) is 1.10. The molecule has 24 heavy (non-hydrogen) atoms. The van der Waals surface area contributed by atoms with Gasteiger partial charge in [0, 0.05) is 19.4 Å². The standard InChI is InChI=1S/C19H24ClO3P/c1-19(2,3)24(20)17-10-8-7-9-14(17)18-15(22-5)11-13(21-4)12-16(18)23-6/h7-12H,1-6H3. The molecule has 0 aliphatic carbocycles. The van der Waals surface area contributed by atoms with Crippen molar-refractivity contribution in [3.05, 3.63) is 36.4 Å². The molecule has 2 aromatic carbocycles. The van der Waals surface area contributed by atoms with Crippen LogP contribution in [0.25, 0.3) is 11.1 Å². The Morgan fingerprint density at radius 2 is 1.42 bits per heavy atom. The van der Waals surface area contributed by atoms with Gasteiger partial charge in [-0.25, -0.2) is 0 Å². The minimum atomic E-state index is -0.877. The van der Waals surface area contributed by atoms with Crippen molar-refractivity contribution in [1.29, 1.82) is 0 Å². The van der Waals surface area contributed by atoms with E-state index in [2.05, 4.69) is 32.9 Å². The second kappa shape index (κ2) is 7.63. The number of methoxy groups -OCH3 is 3. The average Bonchev–Trinajstić information content (AvgIpc) is 2.58. The predicted octanol–water partition coefficient (Wildman–Crippen LogP) is 5.44. The Hall–Kier alpha value is -1.44. The quantitative estimate of drug-likeness (QED) is 0.659. The van der Waals surface area contributed by atoms with Gasteiger partial charge in [-0.15, -0.1) is 0 Å². The largest absolute Gasteiger partial charge is 0.496 e. The minimum absolute atomic E-state index is 0.0140. The van der Waals surface area contributed by atoms with Crippen molar-refractivity contribution in [3.63, 3.8) is 0 Å². The molecule has 0 heterocycles. The smallest absolute Gasteiger partial charge is 0.134 e. The maximum Gasteiger partial charge on any atom is 0.134 e. The van der Waals surface area contributed by atoms with Gasteiger partial charge in [0.05, 0.1) is 26.9 Å². The van der Waals surface area contributed by atoms with E-state index in [0.29, 0.717) is 17.2 Å². The van der Waals surface area contributed by atoms with Crippen molar-refractivity contribution in [3.8, 4) is 28.4 Å². The molecule has 0 saturated heterocycles. The average molecular weight is 367 g/mol. The summed E-state index contributed by atoms with van der Waals surface area (Å²) in [5.41, 5.74) is 1.93. The molecule has 2 aromatic rings. The van der Waals surface area contributed by atoms with E-state index in [9.17, 15) is 0 Å². The highest BCUT2D eigenvalue weighted by Crippen LogP contribution is 2.55. The topological polar surface area (TPSA) is 27.7 Å². The molecular weight excluding hydrogens is 343 g/mol. The van der Waals surface area contributed by atoms with E-state index in [0.717, 1.165) is 16.4 Å². The van der Waals surface area contributed by atoms with Gasteiger partial charge in [0.15, 0.2) is 0 Å². The van der Waals surface area contributed by atoms with Crippen LogP contribution in [-0.2, 0) is 0 Å². The number of benzene rings is 2. The number of ether oxygens (including phenoxy) is 3. The first-order valence-electron chi connectivity index (χ1n) is 7.69. The molecule has 130 valence electrons. The van der Waals surface area contributed by atoms with Crippen molar-refractivity contribution in [1.82, 2.24) is 0 Å². The molecule has 0 aliphatic heterocycles. The lowest BCUT2D eigenvalue weighted by atomic mass is 10.0. The lowest BCUT2D eigenvalue weighted by Crippen LogP contribution is -2.17. The van der Waals surface area contributed by atoms with Crippen LogP contribution < -0.4 is 19.5 Å². The fourth-order valence-corrected chi connectivity index (χ4v) is 4.27. The van der Waals surface area contributed by atoms with Gasteiger partial charge in [-0.1, -0.05) is 56.3 Å². The Balaban J connectivity index is 2.73. The molecule has 0 radical (unpaired) electrons. The summed E-state index contributed by atoms with van der Waals surface area (Å²) < 4.78 is 16.6. The van der Waals surface area contributed by atoms with Crippen LogP contribution in [0.15, 0.2) is 36.4 Å². The summed E-state index contributed by atoms with van der Waals surface area (Å²) in [6.45, 7) is 6.47. The fourth-order valence-electron chi connectivity index (χ4n) is 2.49. The molecule has 2 rings (SSSR count). The molecule has 0 aliphatic rings. The molecule has 0 saturated carbocycles. The Labute approximate surface area is 150 Å². The van der Waals surface area contributed by atoms with E-state index in [1.807, 2.05) is 24.3 Å². The van der Waals surface area contributed by atoms with Gasteiger partial charge in [0.2, 0.25) is 0 Å². The first-order valence-corrected chi connectivity index (χ1v) is 9.93. The normalized spacial score (nSPS) is 12.6. The molecule has 0 amide bonds. The SMILES string of the molecule is COc1cc(OC)c(-c2ccccc2P(Cl)C(C)(C)C)c(OC)c1. The highest BCUT2D eigenvalue weighted by molar-refractivity contribution is 7.91. The zero-order valence-corrected chi connectivity index (χ0v) is 16.7. The number of hydrogen-bond acceptors (Lipinski definition) is 3. The number of rotatable bonds is 5. The Bertz CT molecular complexity index is 685. The van der Waals surface area contributed by atoms with E-state index in [1.165, 1.54) is 0 Å². The van der Waals surface area contributed by atoms with Gasteiger partial charge >= 0.3 is 0 Å². The molecular formula is C19H24ClO3P. The third-order valence-corrected chi connectivity index (χ3v) is 7.75. The van der Waals surface area contributed by atoms with Crippen LogP contribution in [0.2, 0.25) is 0 Å². The van der Waals surface area contributed by atoms with Crippen molar-refractivity contribution in [2.75, 3.05) is 21.3 Å². The number of halogens is 1.